The molecule has 0 unspecified atom stereocenters. The minimum absolute atomic E-state index is 0.0101. The van der Waals surface area contributed by atoms with E-state index < -0.39 is 4.92 Å². The fourth-order valence-electron chi connectivity index (χ4n) is 2.17. The van der Waals surface area contributed by atoms with Crippen molar-refractivity contribution in [2.75, 3.05) is 5.32 Å². The van der Waals surface area contributed by atoms with E-state index in [-0.39, 0.29) is 17.0 Å². The quantitative estimate of drug-likeness (QED) is 0.691. The smallest absolute Gasteiger partial charge is 0.269 e. The first kappa shape index (κ1) is 16.7. The minimum atomic E-state index is -0.454. The van der Waals surface area contributed by atoms with E-state index in [9.17, 15) is 14.9 Å². The van der Waals surface area contributed by atoms with Gasteiger partial charge in [0.2, 0.25) is 5.91 Å². The maximum Gasteiger partial charge on any atom is 0.269 e. The van der Waals surface area contributed by atoms with E-state index in [0.29, 0.717) is 17.9 Å². The molecule has 1 amide bonds. The molecule has 0 aliphatic heterocycles. The highest BCUT2D eigenvalue weighted by atomic mass is 16.6. The molecular formula is C16H20N4O3. The Labute approximate surface area is 134 Å². The fourth-order valence-corrected chi connectivity index (χ4v) is 2.17. The van der Waals surface area contributed by atoms with Gasteiger partial charge in [0.25, 0.3) is 5.69 Å². The van der Waals surface area contributed by atoms with Crippen LogP contribution >= 0.6 is 0 Å². The molecule has 0 aliphatic carbocycles. The number of aromatic nitrogens is 2. The summed E-state index contributed by atoms with van der Waals surface area (Å²) >= 11 is 0. The molecule has 122 valence electrons. The van der Waals surface area contributed by atoms with Gasteiger partial charge in [0.1, 0.15) is 5.82 Å². The second-order valence-electron chi connectivity index (χ2n) is 6.64. The standard InChI is InChI=1S/C16H20N4O3/c1-11-9-14(17-15(21)10-16(2,3)4)19(18-11)12-5-7-13(8-6-12)20(22)23/h5-9H,10H2,1-4H3,(H,17,21). The van der Waals surface area contributed by atoms with Crippen molar-refractivity contribution in [2.24, 2.45) is 5.41 Å². The van der Waals surface area contributed by atoms with Crippen LogP contribution in [0.15, 0.2) is 30.3 Å². The van der Waals surface area contributed by atoms with Crippen molar-refractivity contribution in [1.29, 1.82) is 0 Å². The third kappa shape index (κ3) is 4.38. The lowest BCUT2D eigenvalue weighted by atomic mass is 9.92. The third-order valence-corrected chi connectivity index (χ3v) is 3.10. The normalized spacial score (nSPS) is 11.3. The van der Waals surface area contributed by atoms with Gasteiger partial charge in [-0.15, -0.1) is 0 Å². The van der Waals surface area contributed by atoms with Gasteiger partial charge in [-0.25, -0.2) is 4.68 Å². The number of hydrogen-bond donors (Lipinski definition) is 1. The molecule has 0 fully saturated rings. The van der Waals surface area contributed by atoms with Crippen LogP contribution in [0.1, 0.15) is 32.9 Å². The highest BCUT2D eigenvalue weighted by Crippen LogP contribution is 2.22. The fraction of sp³-hybridized carbons (Fsp3) is 0.375. The highest BCUT2D eigenvalue weighted by molar-refractivity contribution is 5.90. The second kappa shape index (κ2) is 6.20. The lowest BCUT2D eigenvalue weighted by molar-refractivity contribution is -0.384. The molecule has 2 rings (SSSR count). The van der Waals surface area contributed by atoms with Gasteiger partial charge in [-0.05, 0) is 24.5 Å². The molecule has 1 aromatic carbocycles. The van der Waals surface area contributed by atoms with Gasteiger partial charge in [-0.2, -0.15) is 5.10 Å². The van der Waals surface area contributed by atoms with Gasteiger partial charge < -0.3 is 5.32 Å². The summed E-state index contributed by atoms with van der Waals surface area (Å²) in [7, 11) is 0. The Hall–Kier alpha value is -2.70. The van der Waals surface area contributed by atoms with Crippen LogP contribution in [0.25, 0.3) is 5.69 Å². The molecule has 1 heterocycles. The third-order valence-electron chi connectivity index (χ3n) is 3.10. The Morgan fingerprint density at radius 3 is 2.43 bits per heavy atom. The summed E-state index contributed by atoms with van der Waals surface area (Å²) in [6.45, 7) is 7.80. The van der Waals surface area contributed by atoms with Gasteiger partial charge >= 0.3 is 0 Å². The van der Waals surface area contributed by atoms with Crippen molar-refractivity contribution < 1.29 is 9.72 Å². The monoisotopic (exact) mass is 316 g/mol. The maximum absolute atomic E-state index is 12.1. The van der Waals surface area contributed by atoms with E-state index in [2.05, 4.69) is 10.4 Å². The number of aryl methyl sites for hydroxylation is 1. The number of amides is 1. The van der Waals surface area contributed by atoms with Crippen LogP contribution in [0.4, 0.5) is 11.5 Å². The van der Waals surface area contributed by atoms with Crippen LogP contribution in [0.5, 0.6) is 0 Å². The molecule has 1 N–H and O–H groups in total. The molecule has 7 nitrogen and oxygen atoms in total. The van der Waals surface area contributed by atoms with Crippen molar-refractivity contribution in [1.82, 2.24) is 9.78 Å². The van der Waals surface area contributed by atoms with Crippen molar-refractivity contribution in [3.05, 3.63) is 46.1 Å². The molecule has 23 heavy (non-hydrogen) atoms. The predicted octanol–water partition coefficient (Wildman–Crippen LogP) is 3.46. The Morgan fingerprint density at radius 1 is 1.30 bits per heavy atom. The van der Waals surface area contributed by atoms with Gasteiger partial charge in [0.05, 0.1) is 16.3 Å². The summed E-state index contributed by atoms with van der Waals surface area (Å²) in [5.41, 5.74) is 1.29. The number of rotatable bonds is 4. The van der Waals surface area contributed by atoms with Crippen LogP contribution in [-0.4, -0.2) is 20.6 Å². The number of anilines is 1. The molecule has 0 radical (unpaired) electrons. The first-order valence-corrected chi connectivity index (χ1v) is 7.27. The van der Waals surface area contributed by atoms with Gasteiger partial charge in [-0.3, -0.25) is 14.9 Å². The molecule has 2 aromatic rings. The maximum atomic E-state index is 12.1. The number of nitrogens with zero attached hydrogens (tertiary/aromatic N) is 3. The SMILES string of the molecule is Cc1cc(NC(=O)CC(C)(C)C)n(-c2ccc([N+](=O)[O-])cc2)n1. The Morgan fingerprint density at radius 2 is 1.91 bits per heavy atom. The van der Waals surface area contributed by atoms with Crippen LogP contribution in [0.3, 0.4) is 0 Å². The van der Waals surface area contributed by atoms with Gasteiger partial charge in [0, 0.05) is 24.6 Å². The van der Waals surface area contributed by atoms with E-state index in [4.69, 9.17) is 0 Å². The molecule has 0 aliphatic rings. The van der Waals surface area contributed by atoms with Crippen LogP contribution in [-0.2, 0) is 4.79 Å². The zero-order chi connectivity index (χ0) is 17.2. The summed E-state index contributed by atoms with van der Waals surface area (Å²) in [5.74, 6) is 0.450. The summed E-state index contributed by atoms with van der Waals surface area (Å²) in [4.78, 5) is 22.4. The van der Waals surface area contributed by atoms with Crippen molar-refractivity contribution in [3.8, 4) is 5.69 Å². The number of carbonyl (C=O) groups is 1. The molecule has 1 aromatic heterocycles. The van der Waals surface area contributed by atoms with Crippen LogP contribution < -0.4 is 5.32 Å². The number of nitro benzene ring substituents is 1. The predicted molar refractivity (Wildman–Crippen MR) is 87.7 cm³/mol. The van der Waals surface area contributed by atoms with E-state index in [1.807, 2.05) is 27.7 Å². The summed E-state index contributed by atoms with van der Waals surface area (Å²) in [5, 5.41) is 17.9. The Balaban J connectivity index is 2.26. The number of carbonyl (C=O) groups excluding carboxylic acids is 1. The van der Waals surface area contributed by atoms with E-state index in [0.717, 1.165) is 5.69 Å². The lowest BCUT2D eigenvalue weighted by Gasteiger charge is -2.17. The summed E-state index contributed by atoms with van der Waals surface area (Å²) in [6.07, 6.45) is 0.386. The van der Waals surface area contributed by atoms with Gasteiger partial charge in [0.15, 0.2) is 0 Å². The van der Waals surface area contributed by atoms with E-state index in [1.165, 1.54) is 12.1 Å². The Bertz CT molecular complexity index is 727. The molecule has 0 saturated carbocycles. The molecule has 0 atom stereocenters. The zero-order valence-corrected chi connectivity index (χ0v) is 13.7. The van der Waals surface area contributed by atoms with Gasteiger partial charge in [-0.1, -0.05) is 20.8 Å². The largest absolute Gasteiger partial charge is 0.311 e. The second-order valence-corrected chi connectivity index (χ2v) is 6.64. The number of nitrogens with one attached hydrogen (secondary N) is 1. The van der Waals surface area contributed by atoms with Crippen molar-refractivity contribution in [2.45, 2.75) is 34.1 Å². The molecule has 7 heteroatoms. The van der Waals surface area contributed by atoms with Crippen LogP contribution in [0.2, 0.25) is 0 Å². The number of non-ortho nitro benzene ring substituents is 1. The minimum Gasteiger partial charge on any atom is -0.311 e. The summed E-state index contributed by atoms with van der Waals surface area (Å²) < 4.78 is 1.57. The number of nitro groups is 1. The molecular weight excluding hydrogens is 296 g/mol. The zero-order valence-electron chi connectivity index (χ0n) is 13.7. The Kier molecular flexibility index (Phi) is 4.49. The topological polar surface area (TPSA) is 90.1 Å². The average Bonchev–Trinajstić information content (AvgIpc) is 2.77. The molecule has 0 spiro atoms. The summed E-state index contributed by atoms with van der Waals surface area (Å²) in [6, 6.07) is 7.79. The first-order chi connectivity index (χ1) is 10.7. The number of hydrogen-bond acceptors (Lipinski definition) is 4. The van der Waals surface area contributed by atoms with Crippen LogP contribution in [0, 0.1) is 22.5 Å². The highest BCUT2D eigenvalue weighted by Gasteiger charge is 2.18. The number of benzene rings is 1. The van der Waals surface area contributed by atoms with E-state index in [1.54, 1.807) is 22.9 Å². The average molecular weight is 316 g/mol. The molecule has 0 saturated heterocycles. The molecule has 0 bridgehead atoms. The lowest BCUT2D eigenvalue weighted by Crippen LogP contribution is -2.21. The first-order valence-electron chi connectivity index (χ1n) is 7.27. The van der Waals surface area contributed by atoms with Crippen molar-refractivity contribution in [3.63, 3.8) is 0 Å². The van der Waals surface area contributed by atoms with E-state index >= 15 is 0 Å². The van der Waals surface area contributed by atoms with Crippen molar-refractivity contribution >= 4 is 17.4 Å².